The number of piperidine rings is 1. The topological polar surface area (TPSA) is 58.4 Å². The van der Waals surface area contributed by atoms with Gasteiger partial charge in [0.25, 0.3) is 0 Å². The van der Waals surface area contributed by atoms with Crippen LogP contribution < -0.4 is 11.1 Å². The molecule has 1 saturated heterocycles. The SMILES string of the molecule is CC(NC(=O)CN1CCCCC1C(C)N)c1ccc(Br)cc1.Cl. The highest BCUT2D eigenvalue weighted by Crippen LogP contribution is 2.19. The molecule has 0 spiro atoms. The maximum atomic E-state index is 12.3. The summed E-state index contributed by atoms with van der Waals surface area (Å²) in [4.78, 5) is 14.6. The van der Waals surface area contributed by atoms with Gasteiger partial charge >= 0.3 is 0 Å². The van der Waals surface area contributed by atoms with E-state index in [1.54, 1.807) is 0 Å². The summed E-state index contributed by atoms with van der Waals surface area (Å²) in [5.74, 6) is 0.0722. The van der Waals surface area contributed by atoms with Gasteiger partial charge in [0.05, 0.1) is 12.6 Å². The minimum atomic E-state index is 0. The molecule has 0 saturated carbocycles. The third-order valence-electron chi connectivity index (χ3n) is 4.37. The lowest BCUT2D eigenvalue weighted by molar-refractivity contribution is -0.123. The van der Waals surface area contributed by atoms with E-state index in [0.29, 0.717) is 12.6 Å². The third kappa shape index (κ3) is 6.07. The lowest BCUT2D eigenvalue weighted by Crippen LogP contribution is -2.52. The van der Waals surface area contributed by atoms with Gasteiger partial charge in [-0.3, -0.25) is 9.69 Å². The van der Waals surface area contributed by atoms with E-state index in [9.17, 15) is 4.79 Å². The predicted molar refractivity (Wildman–Crippen MR) is 101 cm³/mol. The molecule has 1 heterocycles. The van der Waals surface area contributed by atoms with Crippen molar-refractivity contribution in [2.75, 3.05) is 13.1 Å². The number of carbonyl (C=O) groups excluding carboxylic acids is 1. The van der Waals surface area contributed by atoms with Crippen LogP contribution in [0.5, 0.6) is 0 Å². The zero-order valence-corrected chi connectivity index (χ0v) is 16.2. The summed E-state index contributed by atoms with van der Waals surface area (Å²) in [5, 5.41) is 3.09. The van der Waals surface area contributed by atoms with Gasteiger partial charge in [-0.1, -0.05) is 34.5 Å². The van der Waals surface area contributed by atoms with Crippen LogP contribution >= 0.6 is 28.3 Å². The Morgan fingerprint density at radius 1 is 1.35 bits per heavy atom. The molecule has 0 aliphatic carbocycles. The van der Waals surface area contributed by atoms with E-state index in [4.69, 9.17) is 5.73 Å². The Kier molecular flexibility index (Phi) is 8.54. The Bertz CT molecular complexity index is 495. The Balaban J connectivity index is 0.00000264. The quantitative estimate of drug-likeness (QED) is 0.792. The van der Waals surface area contributed by atoms with Crippen LogP contribution in [0.4, 0.5) is 0 Å². The molecule has 3 atom stereocenters. The molecular formula is C17H27BrClN3O. The molecule has 1 aliphatic rings. The van der Waals surface area contributed by atoms with Gasteiger partial charge < -0.3 is 11.1 Å². The van der Waals surface area contributed by atoms with E-state index < -0.39 is 0 Å². The smallest absolute Gasteiger partial charge is 0.234 e. The number of likely N-dealkylation sites (tertiary alicyclic amines) is 1. The molecule has 0 radical (unpaired) electrons. The van der Waals surface area contributed by atoms with E-state index in [1.807, 2.05) is 38.1 Å². The van der Waals surface area contributed by atoms with E-state index in [1.165, 1.54) is 6.42 Å². The number of amides is 1. The number of hydrogen-bond donors (Lipinski definition) is 2. The first-order valence-electron chi connectivity index (χ1n) is 8.02. The summed E-state index contributed by atoms with van der Waals surface area (Å²) < 4.78 is 1.04. The van der Waals surface area contributed by atoms with Gasteiger partial charge in [0, 0.05) is 16.6 Å². The maximum Gasteiger partial charge on any atom is 0.234 e. The molecule has 3 unspecified atom stereocenters. The first-order valence-corrected chi connectivity index (χ1v) is 8.81. The third-order valence-corrected chi connectivity index (χ3v) is 4.89. The molecule has 6 heteroatoms. The van der Waals surface area contributed by atoms with Gasteiger partial charge in [0.15, 0.2) is 0 Å². The zero-order valence-electron chi connectivity index (χ0n) is 13.8. The predicted octanol–water partition coefficient (Wildman–Crippen LogP) is 3.25. The number of nitrogens with one attached hydrogen (secondary N) is 1. The van der Waals surface area contributed by atoms with Crippen LogP contribution in [-0.4, -0.2) is 36.0 Å². The normalized spacial score (nSPS) is 21.1. The summed E-state index contributed by atoms with van der Waals surface area (Å²) in [5.41, 5.74) is 7.17. The van der Waals surface area contributed by atoms with E-state index in [0.717, 1.165) is 29.4 Å². The van der Waals surface area contributed by atoms with Crippen molar-refractivity contribution >= 4 is 34.2 Å². The number of benzene rings is 1. The molecule has 1 amide bonds. The largest absolute Gasteiger partial charge is 0.348 e. The number of rotatable bonds is 5. The van der Waals surface area contributed by atoms with Gasteiger partial charge in [-0.2, -0.15) is 0 Å². The van der Waals surface area contributed by atoms with Gasteiger partial charge in [-0.15, -0.1) is 12.4 Å². The highest BCUT2D eigenvalue weighted by Gasteiger charge is 2.27. The highest BCUT2D eigenvalue weighted by molar-refractivity contribution is 9.10. The van der Waals surface area contributed by atoms with Crippen molar-refractivity contribution < 1.29 is 4.79 Å². The molecule has 3 N–H and O–H groups in total. The lowest BCUT2D eigenvalue weighted by atomic mass is 9.97. The first kappa shape index (κ1) is 20.4. The molecule has 130 valence electrons. The molecule has 23 heavy (non-hydrogen) atoms. The fourth-order valence-corrected chi connectivity index (χ4v) is 3.38. The van der Waals surface area contributed by atoms with Crippen molar-refractivity contribution in [3.05, 3.63) is 34.3 Å². The minimum Gasteiger partial charge on any atom is -0.348 e. The fraction of sp³-hybridized carbons (Fsp3) is 0.588. The highest BCUT2D eigenvalue weighted by atomic mass is 79.9. The Morgan fingerprint density at radius 3 is 2.61 bits per heavy atom. The monoisotopic (exact) mass is 403 g/mol. The second kappa shape index (κ2) is 9.62. The molecule has 1 fully saturated rings. The molecular weight excluding hydrogens is 378 g/mol. The number of halogens is 2. The van der Waals surface area contributed by atoms with Crippen LogP contribution in [0.25, 0.3) is 0 Å². The van der Waals surface area contributed by atoms with Crippen LogP contribution in [0.1, 0.15) is 44.7 Å². The minimum absolute atomic E-state index is 0. The van der Waals surface area contributed by atoms with Crippen LogP contribution in [0.2, 0.25) is 0 Å². The van der Waals surface area contributed by atoms with Crippen molar-refractivity contribution in [1.82, 2.24) is 10.2 Å². The Morgan fingerprint density at radius 2 is 2.00 bits per heavy atom. The molecule has 4 nitrogen and oxygen atoms in total. The van der Waals surface area contributed by atoms with Gasteiger partial charge in [0.1, 0.15) is 0 Å². The second-order valence-electron chi connectivity index (χ2n) is 6.23. The molecule has 2 rings (SSSR count). The average molecular weight is 405 g/mol. The van der Waals surface area contributed by atoms with Crippen LogP contribution in [0.15, 0.2) is 28.7 Å². The average Bonchev–Trinajstić information content (AvgIpc) is 2.48. The van der Waals surface area contributed by atoms with E-state index in [2.05, 4.69) is 26.1 Å². The van der Waals surface area contributed by atoms with Gasteiger partial charge in [0.2, 0.25) is 5.91 Å². The summed E-state index contributed by atoms with van der Waals surface area (Å²) in [6, 6.07) is 8.49. The number of nitrogens with two attached hydrogens (primary N) is 1. The molecule has 1 aromatic rings. The first-order chi connectivity index (χ1) is 10.5. The van der Waals surface area contributed by atoms with E-state index in [-0.39, 0.29) is 30.4 Å². The Labute approximate surface area is 153 Å². The standard InChI is InChI=1S/C17H26BrN3O.ClH/c1-12(19)16-5-3-4-10-21(16)11-17(22)20-13(2)14-6-8-15(18)9-7-14;/h6-9,12-13,16H,3-5,10-11,19H2,1-2H3,(H,20,22);1H. The van der Waals surface area contributed by atoms with E-state index >= 15 is 0 Å². The summed E-state index contributed by atoms with van der Waals surface area (Å²) in [7, 11) is 0. The van der Waals surface area contributed by atoms with Gasteiger partial charge in [-0.05, 0) is 50.9 Å². The van der Waals surface area contributed by atoms with Crippen molar-refractivity contribution in [3.8, 4) is 0 Å². The lowest BCUT2D eigenvalue weighted by Gasteiger charge is -2.37. The number of hydrogen-bond acceptors (Lipinski definition) is 3. The molecule has 1 aromatic carbocycles. The molecule has 1 aliphatic heterocycles. The van der Waals surface area contributed by atoms with Crippen LogP contribution in [-0.2, 0) is 4.79 Å². The van der Waals surface area contributed by atoms with Gasteiger partial charge in [-0.25, -0.2) is 0 Å². The fourth-order valence-electron chi connectivity index (χ4n) is 3.11. The van der Waals surface area contributed by atoms with Crippen LogP contribution in [0.3, 0.4) is 0 Å². The summed E-state index contributed by atoms with van der Waals surface area (Å²) in [6.07, 6.45) is 3.45. The molecule has 0 aromatic heterocycles. The van der Waals surface area contributed by atoms with Crippen molar-refractivity contribution in [2.24, 2.45) is 5.73 Å². The Hall–Kier alpha value is -0.620. The van der Waals surface area contributed by atoms with Crippen molar-refractivity contribution in [3.63, 3.8) is 0 Å². The van der Waals surface area contributed by atoms with Crippen molar-refractivity contribution in [1.29, 1.82) is 0 Å². The number of carbonyl (C=O) groups is 1. The second-order valence-corrected chi connectivity index (χ2v) is 7.15. The van der Waals surface area contributed by atoms with Crippen LogP contribution in [0, 0.1) is 0 Å². The van der Waals surface area contributed by atoms with Crippen molar-refractivity contribution in [2.45, 2.75) is 51.2 Å². The molecule has 0 bridgehead atoms. The maximum absolute atomic E-state index is 12.3. The summed E-state index contributed by atoms with van der Waals surface area (Å²) >= 11 is 3.43. The zero-order chi connectivity index (χ0) is 16.1. The summed E-state index contributed by atoms with van der Waals surface area (Å²) in [6.45, 7) is 5.45. The number of nitrogens with zero attached hydrogens (tertiary/aromatic N) is 1.